The predicted octanol–water partition coefficient (Wildman–Crippen LogP) is 1.77. The second-order valence-corrected chi connectivity index (χ2v) is 6.87. The van der Waals surface area contributed by atoms with Gasteiger partial charge in [-0.25, -0.2) is 0 Å². The summed E-state index contributed by atoms with van der Waals surface area (Å²) in [5, 5.41) is 12.2. The predicted molar refractivity (Wildman–Crippen MR) is 80.4 cm³/mol. The number of aliphatic hydroxyl groups is 1. The van der Waals surface area contributed by atoms with Gasteiger partial charge < -0.3 is 10.4 Å². The zero-order chi connectivity index (χ0) is 14.5. The molecule has 2 aliphatic rings. The van der Waals surface area contributed by atoms with E-state index < -0.39 is 0 Å². The minimum atomic E-state index is 0.0602. The second kappa shape index (κ2) is 7.41. The fourth-order valence-corrected chi connectivity index (χ4v) is 3.35. The number of amides is 1. The topological polar surface area (TPSA) is 52.6 Å². The fraction of sp³-hybridized carbons (Fsp3) is 0.938. The number of carbonyl (C=O) groups excluding carboxylic acids is 1. The summed E-state index contributed by atoms with van der Waals surface area (Å²) in [7, 11) is 0. The maximum Gasteiger partial charge on any atom is 0.222 e. The molecule has 4 heteroatoms. The van der Waals surface area contributed by atoms with E-state index in [1.165, 1.54) is 19.3 Å². The van der Waals surface area contributed by atoms with Gasteiger partial charge in [-0.3, -0.25) is 9.69 Å². The van der Waals surface area contributed by atoms with Crippen molar-refractivity contribution in [1.29, 1.82) is 0 Å². The molecule has 116 valence electrons. The van der Waals surface area contributed by atoms with Crippen molar-refractivity contribution in [3.63, 3.8) is 0 Å². The number of piperidine rings is 1. The van der Waals surface area contributed by atoms with E-state index in [2.05, 4.69) is 10.2 Å². The zero-order valence-electron chi connectivity index (χ0n) is 13.0. The molecule has 2 fully saturated rings. The number of nitrogens with one attached hydrogen (secondary N) is 1. The number of hydrogen-bond donors (Lipinski definition) is 2. The molecule has 2 unspecified atom stereocenters. The Morgan fingerprint density at radius 2 is 2.10 bits per heavy atom. The van der Waals surface area contributed by atoms with E-state index in [-0.39, 0.29) is 18.4 Å². The number of aliphatic hydroxyl groups excluding tert-OH is 1. The number of hydrogen-bond acceptors (Lipinski definition) is 3. The third kappa shape index (κ3) is 4.19. The van der Waals surface area contributed by atoms with Crippen LogP contribution < -0.4 is 5.32 Å². The fourth-order valence-electron chi connectivity index (χ4n) is 3.35. The molecular formula is C16H30N2O2. The third-order valence-electron chi connectivity index (χ3n) is 4.80. The highest BCUT2D eigenvalue weighted by atomic mass is 16.2. The van der Waals surface area contributed by atoms with Crippen molar-refractivity contribution in [3.05, 3.63) is 0 Å². The minimum Gasteiger partial charge on any atom is -0.396 e. The monoisotopic (exact) mass is 282 g/mol. The van der Waals surface area contributed by atoms with Gasteiger partial charge in [0.05, 0.1) is 0 Å². The van der Waals surface area contributed by atoms with E-state index in [1.54, 1.807) is 0 Å². The van der Waals surface area contributed by atoms with E-state index in [0.29, 0.717) is 12.0 Å². The molecule has 2 atom stereocenters. The van der Waals surface area contributed by atoms with Crippen LogP contribution in [0.5, 0.6) is 0 Å². The lowest BCUT2D eigenvalue weighted by Crippen LogP contribution is -2.55. The first-order valence-electron chi connectivity index (χ1n) is 8.25. The summed E-state index contributed by atoms with van der Waals surface area (Å²) in [6, 6.07) is 1.04. The van der Waals surface area contributed by atoms with Crippen LogP contribution in [0.1, 0.15) is 52.4 Å². The van der Waals surface area contributed by atoms with Crippen molar-refractivity contribution in [3.8, 4) is 0 Å². The highest BCUT2D eigenvalue weighted by Crippen LogP contribution is 2.30. The van der Waals surface area contributed by atoms with E-state index >= 15 is 0 Å². The first-order chi connectivity index (χ1) is 9.60. The number of rotatable bonds is 6. The summed E-state index contributed by atoms with van der Waals surface area (Å²) in [6.07, 6.45) is 7.02. The third-order valence-corrected chi connectivity index (χ3v) is 4.80. The van der Waals surface area contributed by atoms with Gasteiger partial charge >= 0.3 is 0 Å². The molecular weight excluding hydrogens is 252 g/mol. The quantitative estimate of drug-likeness (QED) is 0.781. The van der Waals surface area contributed by atoms with Crippen molar-refractivity contribution in [1.82, 2.24) is 10.2 Å². The van der Waals surface area contributed by atoms with Crippen LogP contribution in [0.3, 0.4) is 0 Å². The smallest absolute Gasteiger partial charge is 0.222 e. The largest absolute Gasteiger partial charge is 0.396 e. The Kier molecular flexibility index (Phi) is 5.85. The first kappa shape index (κ1) is 15.8. The van der Waals surface area contributed by atoms with Crippen LogP contribution in [0.2, 0.25) is 0 Å². The van der Waals surface area contributed by atoms with Crippen molar-refractivity contribution in [2.45, 2.75) is 64.5 Å². The summed E-state index contributed by atoms with van der Waals surface area (Å²) in [4.78, 5) is 14.5. The average molecular weight is 282 g/mol. The molecule has 1 aliphatic heterocycles. The Morgan fingerprint density at radius 1 is 1.35 bits per heavy atom. The number of nitrogens with zero attached hydrogens (tertiary/aromatic N) is 1. The summed E-state index contributed by atoms with van der Waals surface area (Å²) < 4.78 is 0. The molecule has 0 aromatic rings. The van der Waals surface area contributed by atoms with Crippen LogP contribution in [0, 0.1) is 11.8 Å². The summed E-state index contributed by atoms with van der Waals surface area (Å²) in [5.74, 6) is 0.852. The molecule has 2 rings (SSSR count). The van der Waals surface area contributed by atoms with Crippen molar-refractivity contribution in [2.75, 3.05) is 19.7 Å². The molecule has 1 saturated carbocycles. The van der Waals surface area contributed by atoms with Gasteiger partial charge in [0.2, 0.25) is 5.91 Å². The van der Waals surface area contributed by atoms with E-state index in [1.807, 2.05) is 13.8 Å². The van der Waals surface area contributed by atoms with Crippen molar-refractivity contribution in [2.24, 2.45) is 11.8 Å². The van der Waals surface area contributed by atoms with Crippen LogP contribution in [-0.4, -0.2) is 47.7 Å². The molecule has 0 aromatic carbocycles. The lowest BCUT2D eigenvalue weighted by molar-refractivity contribution is -0.125. The van der Waals surface area contributed by atoms with Gasteiger partial charge in [0, 0.05) is 37.7 Å². The van der Waals surface area contributed by atoms with E-state index in [9.17, 15) is 4.79 Å². The molecule has 1 amide bonds. The zero-order valence-corrected chi connectivity index (χ0v) is 13.0. The molecule has 20 heavy (non-hydrogen) atoms. The van der Waals surface area contributed by atoms with Crippen LogP contribution in [0.15, 0.2) is 0 Å². The maximum atomic E-state index is 11.9. The van der Waals surface area contributed by atoms with Gasteiger partial charge in [0.1, 0.15) is 0 Å². The normalized spacial score (nSPS) is 28.4. The Hall–Kier alpha value is -0.610. The van der Waals surface area contributed by atoms with Crippen LogP contribution in [0.25, 0.3) is 0 Å². The lowest BCUT2D eigenvalue weighted by Gasteiger charge is -2.45. The Morgan fingerprint density at radius 3 is 2.65 bits per heavy atom. The van der Waals surface area contributed by atoms with Gasteiger partial charge in [-0.05, 0) is 38.0 Å². The Labute approximate surface area is 122 Å². The standard InChI is InChI=1S/C16H30N2O2/c1-12(2)16(20)17-14-9-13(5-4-8-19)10-18(11-14)15-6-3-7-15/h12-15,19H,3-11H2,1-2H3,(H,17,20). The SMILES string of the molecule is CC(C)C(=O)NC1CC(CCCO)CN(C2CCC2)C1. The molecule has 0 aromatic heterocycles. The van der Waals surface area contributed by atoms with Crippen LogP contribution in [-0.2, 0) is 4.79 Å². The Balaban J connectivity index is 1.90. The van der Waals surface area contributed by atoms with Gasteiger partial charge in [-0.2, -0.15) is 0 Å². The second-order valence-electron chi connectivity index (χ2n) is 6.87. The van der Waals surface area contributed by atoms with Crippen LogP contribution >= 0.6 is 0 Å². The van der Waals surface area contributed by atoms with E-state index in [0.717, 1.165) is 38.4 Å². The lowest BCUT2D eigenvalue weighted by atomic mass is 9.85. The van der Waals surface area contributed by atoms with E-state index in [4.69, 9.17) is 5.11 Å². The molecule has 1 saturated heterocycles. The van der Waals surface area contributed by atoms with Crippen LogP contribution in [0.4, 0.5) is 0 Å². The Bertz CT molecular complexity index is 316. The van der Waals surface area contributed by atoms with Gasteiger partial charge in [0.15, 0.2) is 0 Å². The van der Waals surface area contributed by atoms with Crippen molar-refractivity contribution >= 4 is 5.91 Å². The number of likely N-dealkylation sites (tertiary alicyclic amines) is 1. The van der Waals surface area contributed by atoms with Gasteiger partial charge in [0.25, 0.3) is 0 Å². The minimum absolute atomic E-state index is 0.0602. The number of carbonyl (C=O) groups is 1. The van der Waals surface area contributed by atoms with Gasteiger partial charge in [-0.1, -0.05) is 20.3 Å². The molecule has 2 N–H and O–H groups in total. The maximum absolute atomic E-state index is 11.9. The highest BCUT2D eigenvalue weighted by molar-refractivity contribution is 5.78. The van der Waals surface area contributed by atoms with Gasteiger partial charge in [-0.15, -0.1) is 0 Å². The molecule has 0 spiro atoms. The summed E-state index contributed by atoms with van der Waals surface area (Å²) >= 11 is 0. The molecule has 1 aliphatic carbocycles. The van der Waals surface area contributed by atoms with Crippen molar-refractivity contribution < 1.29 is 9.90 Å². The summed E-state index contributed by atoms with van der Waals surface area (Å²) in [5.41, 5.74) is 0. The molecule has 1 heterocycles. The average Bonchev–Trinajstić information content (AvgIpc) is 2.34. The molecule has 0 bridgehead atoms. The highest BCUT2D eigenvalue weighted by Gasteiger charge is 2.34. The molecule has 0 radical (unpaired) electrons. The first-order valence-corrected chi connectivity index (χ1v) is 8.25. The molecule has 4 nitrogen and oxygen atoms in total. The summed E-state index contributed by atoms with van der Waals surface area (Å²) in [6.45, 7) is 6.34.